The molecule has 1 aromatic carbocycles. The van der Waals surface area contributed by atoms with Crippen LogP contribution in [0.1, 0.15) is 19.4 Å². The molecule has 1 aromatic rings. The topological polar surface area (TPSA) is 3.24 Å². The molecule has 0 amide bonds. The fourth-order valence-electron chi connectivity index (χ4n) is 1.84. The molecule has 0 bridgehead atoms. The first-order valence-corrected chi connectivity index (χ1v) is 6.14. The maximum Gasteiger partial charge on any atom is 0.0998 e. The van der Waals surface area contributed by atoms with Crippen molar-refractivity contribution in [3.63, 3.8) is 0 Å². The normalized spacial score (nSPS) is 20.0. The summed E-state index contributed by atoms with van der Waals surface area (Å²) in [5, 5.41) is 0. The lowest BCUT2D eigenvalue weighted by molar-refractivity contribution is 0.709. The van der Waals surface area contributed by atoms with Crippen LogP contribution in [-0.2, 0) is 0 Å². The van der Waals surface area contributed by atoms with Crippen LogP contribution < -0.4 is 4.90 Å². The first kappa shape index (κ1) is 10.0. The number of anilines is 1. The van der Waals surface area contributed by atoms with E-state index in [0.29, 0.717) is 10.1 Å². The molecule has 1 heterocycles. The number of para-hydroxylation sites is 1. The van der Waals surface area contributed by atoms with Crippen molar-refractivity contribution in [1.29, 1.82) is 0 Å². The van der Waals surface area contributed by atoms with E-state index in [1.165, 1.54) is 11.3 Å². The molecule has 0 spiro atoms. The summed E-state index contributed by atoms with van der Waals surface area (Å²) in [7, 11) is 0. The standard InChI is InChI=1S/C12H14IN/c1-9(2)14-11-6-4-3-5-10(11)7-8-12(14)13/h3-9,12H,1-2H3. The SMILES string of the molecule is CC(C)N1c2ccccc2C=CC1I. The zero-order valence-corrected chi connectivity index (χ0v) is 10.6. The van der Waals surface area contributed by atoms with E-state index in [1.807, 2.05) is 0 Å². The third-order valence-corrected chi connectivity index (χ3v) is 3.49. The van der Waals surface area contributed by atoms with Crippen molar-refractivity contribution < 1.29 is 0 Å². The number of rotatable bonds is 1. The molecule has 1 unspecified atom stereocenters. The van der Waals surface area contributed by atoms with Crippen molar-refractivity contribution in [2.45, 2.75) is 23.9 Å². The van der Waals surface area contributed by atoms with Crippen LogP contribution in [0.5, 0.6) is 0 Å². The van der Waals surface area contributed by atoms with E-state index >= 15 is 0 Å². The number of benzene rings is 1. The second kappa shape index (κ2) is 3.93. The van der Waals surface area contributed by atoms with Crippen LogP contribution in [0.3, 0.4) is 0 Å². The van der Waals surface area contributed by atoms with Gasteiger partial charge in [-0.25, -0.2) is 0 Å². The summed E-state index contributed by atoms with van der Waals surface area (Å²) in [6, 6.07) is 9.11. The van der Waals surface area contributed by atoms with E-state index in [4.69, 9.17) is 0 Å². The molecule has 0 aliphatic carbocycles. The predicted octanol–water partition coefficient (Wildman–Crippen LogP) is 3.69. The lowest BCUT2D eigenvalue weighted by Crippen LogP contribution is -2.37. The largest absolute Gasteiger partial charge is 0.353 e. The van der Waals surface area contributed by atoms with Crippen LogP contribution >= 0.6 is 22.6 Å². The van der Waals surface area contributed by atoms with E-state index in [9.17, 15) is 0 Å². The zero-order valence-electron chi connectivity index (χ0n) is 8.44. The van der Waals surface area contributed by atoms with Gasteiger partial charge in [-0.1, -0.05) is 52.9 Å². The molecule has 0 saturated carbocycles. The molecular weight excluding hydrogens is 285 g/mol. The maximum atomic E-state index is 2.47. The average Bonchev–Trinajstić information content (AvgIpc) is 2.17. The average molecular weight is 299 g/mol. The quantitative estimate of drug-likeness (QED) is 0.434. The van der Waals surface area contributed by atoms with Gasteiger partial charge in [0.05, 0.1) is 4.05 Å². The smallest absolute Gasteiger partial charge is 0.0998 e. The van der Waals surface area contributed by atoms with E-state index in [0.717, 1.165) is 0 Å². The van der Waals surface area contributed by atoms with Gasteiger partial charge >= 0.3 is 0 Å². The van der Waals surface area contributed by atoms with E-state index < -0.39 is 0 Å². The van der Waals surface area contributed by atoms with Crippen LogP contribution in [0.4, 0.5) is 5.69 Å². The highest BCUT2D eigenvalue weighted by molar-refractivity contribution is 14.1. The van der Waals surface area contributed by atoms with Crippen LogP contribution in [-0.4, -0.2) is 10.1 Å². The van der Waals surface area contributed by atoms with E-state index in [2.05, 4.69) is 77.8 Å². The monoisotopic (exact) mass is 299 g/mol. The summed E-state index contributed by atoms with van der Waals surface area (Å²) in [6.45, 7) is 4.48. The summed E-state index contributed by atoms with van der Waals surface area (Å²) >= 11 is 2.47. The molecule has 74 valence electrons. The van der Waals surface area contributed by atoms with Crippen molar-refractivity contribution in [3.05, 3.63) is 35.9 Å². The van der Waals surface area contributed by atoms with Gasteiger partial charge in [0.15, 0.2) is 0 Å². The summed E-state index contributed by atoms with van der Waals surface area (Å²) in [5.74, 6) is 0. The van der Waals surface area contributed by atoms with Gasteiger partial charge in [0.1, 0.15) is 0 Å². The van der Waals surface area contributed by atoms with Crippen molar-refractivity contribution in [1.82, 2.24) is 0 Å². The Morgan fingerprint density at radius 3 is 2.71 bits per heavy atom. The van der Waals surface area contributed by atoms with Gasteiger partial charge in [-0.05, 0) is 25.5 Å². The zero-order chi connectivity index (χ0) is 10.1. The molecule has 2 heteroatoms. The van der Waals surface area contributed by atoms with Gasteiger partial charge in [0.25, 0.3) is 0 Å². The molecule has 0 radical (unpaired) electrons. The van der Waals surface area contributed by atoms with Gasteiger partial charge in [-0.15, -0.1) is 0 Å². The van der Waals surface area contributed by atoms with Gasteiger partial charge < -0.3 is 4.90 Å². The van der Waals surface area contributed by atoms with Crippen LogP contribution in [0.25, 0.3) is 6.08 Å². The fraction of sp³-hybridized carbons (Fsp3) is 0.333. The minimum atomic E-state index is 0.475. The predicted molar refractivity (Wildman–Crippen MR) is 70.9 cm³/mol. The molecule has 1 aliphatic heterocycles. The number of fused-ring (bicyclic) bond motifs is 1. The third kappa shape index (κ3) is 1.67. The van der Waals surface area contributed by atoms with Crippen LogP contribution in [0.2, 0.25) is 0 Å². The van der Waals surface area contributed by atoms with Gasteiger partial charge in [-0.3, -0.25) is 0 Å². The minimum absolute atomic E-state index is 0.475. The highest BCUT2D eigenvalue weighted by atomic mass is 127. The lowest BCUT2D eigenvalue weighted by Gasteiger charge is -2.36. The van der Waals surface area contributed by atoms with Crippen molar-refractivity contribution in [3.8, 4) is 0 Å². The van der Waals surface area contributed by atoms with Crippen molar-refractivity contribution in [2.24, 2.45) is 0 Å². The summed E-state index contributed by atoms with van der Waals surface area (Å²) in [5.41, 5.74) is 2.68. The Bertz CT molecular complexity index is 357. The van der Waals surface area contributed by atoms with Gasteiger partial charge in [0, 0.05) is 11.7 Å². The first-order valence-electron chi connectivity index (χ1n) is 4.90. The molecule has 0 aromatic heterocycles. The molecule has 14 heavy (non-hydrogen) atoms. The second-order valence-corrected chi connectivity index (χ2v) is 5.07. The maximum absolute atomic E-state index is 2.47. The molecule has 2 rings (SSSR count). The van der Waals surface area contributed by atoms with Gasteiger partial charge in [-0.2, -0.15) is 0 Å². The Hall–Kier alpha value is -0.510. The molecule has 1 atom stereocenters. The Balaban J connectivity index is 2.48. The van der Waals surface area contributed by atoms with E-state index in [1.54, 1.807) is 0 Å². The van der Waals surface area contributed by atoms with Gasteiger partial charge in [0.2, 0.25) is 0 Å². The number of nitrogens with zero attached hydrogens (tertiary/aromatic N) is 1. The molecule has 0 saturated heterocycles. The Morgan fingerprint density at radius 1 is 1.29 bits per heavy atom. The highest BCUT2D eigenvalue weighted by Crippen LogP contribution is 2.32. The minimum Gasteiger partial charge on any atom is -0.353 e. The number of hydrogen-bond acceptors (Lipinski definition) is 1. The third-order valence-electron chi connectivity index (χ3n) is 2.47. The lowest BCUT2D eigenvalue weighted by atomic mass is 10.1. The molecule has 0 N–H and O–H groups in total. The first-order chi connectivity index (χ1) is 6.70. The number of alkyl halides is 1. The Morgan fingerprint density at radius 2 is 2.00 bits per heavy atom. The Labute approximate surface area is 98.9 Å². The Kier molecular flexibility index (Phi) is 2.81. The summed E-state index contributed by atoms with van der Waals surface area (Å²) in [6.07, 6.45) is 4.47. The van der Waals surface area contributed by atoms with Crippen molar-refractivity contribution >= 4 is 34.4 Å². The van der Waals surface area contributed by atoms with Crippen LogP contribution in [0.15, 0.2) is 30.3 Å². The van der Waals surface area contributed by atoms with Crippen LogP contribution in [0, 0.1) is 0 Å². The fourth-order valence-corrected chi connectivity index (χ4v) is 2.99. The molecule has 1 aliphatic rings. The van der Waals surface area contributed by atoms with Crippen molar-refractivity contribution in [2.75, 3.05) is 4.90 Å². The molecule has 0 fully saturated rings. The number of halogens is 1. The molecular formula is C12H14IN. The number of hydrogen-bond donors (Lipinski definition) is 0. The summed E-state index contributed by atoms with van der Waals surface area (Å²) < 4.78 is 0.475. The highest BCUT2D eigenvalue weighted by Gasteiger charge is 2.21. The van der Waals surface area contributed by atoms with E-state index in [-0.39, 0.29) is 0 Å². The summed E-state index contributed by atoms with van der Waals surface area (Å²) in [4.78, 5) is 2.44. The second-order valence-electron chi connectivity index (χ2n) is 3.79. The molecule has 1 nitrogen and oxygen atoms in total.